The molecule has 7 nitrogen and oxygen atoms in total. The zero-order valence-electron chi connectivity index (χ0n) is 16.0. The summed E-state index contributed by atoms with van der Waals surface area (Å²) in [5.74, 6) is 0.485. The van der Waals surface area contributed by atoms with Gasteiger partial charge in [0, 0.05) is 18.2 Å². The first-order valence-electron chi connectivity index (χ1n) is 9.57. The van der Waals surface area contributed by atoms with Crippen molar-refractivity contribution in [3.05, 3.63) is 65.9 Å². The number of anilines is 2. The van der Waals surface area contributed by atoms with Crippen molar-refractivity contribution in [2.24, 2.45) is 0 Å². The fourth-order valence-corrected chi connectivity index (χ4v) is 3.81. The maximum Gasteiger partial charge on any atom is 0.410 e. The molecule has 0 radical (unpaired) electrons. The van der Waals surface area contributed by atoms with Crippen LogP contribution in [0.2, 0.25) is 0 Å². The highest BCUT2D eigenvalue weighted by molar-refractivity contribution is 6.07. The van der Waals surface area contributed by atoms with Crippen molar-refractivity contribution in [2.45, 2.75) is 24.7 Å². The zero-order chi connectivity index (χ0) is 21.6. The van der Waals surface area contributed by atoms with Gasteiger partial charge in [-0.05, 0) is 17.7 Å². The Balaban J connectivity index is 1.46. The lowest BCUT2D eigenvalue weighted by Gasteiger charge is -2.34. The van der Waals surface area contributed by atoms with Gasteiger partial charge in [0.25, 0.3) is 5.91 Å². The van der Waals surface area contributed by atoms with Crippen LogP contribution in [0.1, 0.15) is 34.4 Å². The molecule has 3 aromatic rings. The SMILES string of the molecule is O=C(Nc1ccc2c(c1)OCO2)c1cnn2c1N[C@@H](c1ccccc1)C[C@H]2C(F)(F)F. The number of aromatic nitrogens is 2. The van der Waals surface area contributed by atoms with Crippen molar-refractivity contribution >= 4 is 17.4 Å². The number of nitrogens with one attached hydrogen (secondary N) is 2. The fraction of sp³-hybridized carbons (Fsp3) is 0.238. The van der Waals surface area contributed by atoms with E-state index in [0.717, 1.165) is 10.9 Å². The van der Waals surface area contributed by atoms with Gasteiger partial charge in [0.05, 0.1) is 12.2 Å². The van der Waals surface area contributed by atoms with Crippen LogP contribution in [0.25, 0.3) is 0 Å². The van der Waals surface area contributed by atoms with E-state index in [0.29, 0.717) is 22.7 Å². The lowest BCUT2D eigenvalue weighted by molar-refractivity contribution is -0.173. The average Bonchev–Trinajstić information content (AvgIpc) is 3.39. The van der Waals surface area contributed by atoms with Gasteiger partial charge in [-0.25, -0.2) is 4.68 Å². The van der Waals surface area contributed by atoms with Gasteiger partial charge < -0.3 is 20.1 Å². The third kappa shape index (κ3) is 3.54. The molecule has 0 bridgehead atoms. The predicted molar refractivity (Wildman–Crippen MR) is 105 cm³/mol. The van der Waals surface area contributed by atoms with Crippen molar-refractivity contribution in [1.29, 1.82) is 0 Å². The molecule has 0 unspecified atom stereocenters. The lowest BCUT2D eigenvalue weighted by atomic mass is 9.96. The summed E-state index contributed by atoms with van der Waals surface area (Å²) in [6.45, 7) is 0.0906. The molecule has 2 atom stereocenters. The van der Waals surface area contributed by atoms with Gasteiger partial charge in [-0.3, -0.25) is 4.79 Å². The molecule has 0 fully saturated rings. The highest BCUT2D eigenvalue weighted by Crippen LogP contribution is 2.44. The van der Waals surface area contributed by atoms with Crippen LogP contribution in [-0.4, -0.2) is 28.7 Å². The Bertz CT molecular complexity index is 1130. The summed E-state index contributed by atoms with van der Waals surface area (Å²) in [6, 6.07) is 11.2. The van der Waals surface area contributed by atoms with Gasteiger partial charge in [0.15, 0.2) is 17.5 Å². The highest BCUT2D eigenvalue weighted by atomic mass is 19.4. The largest absolute Gasteiger partial charge is 0.454 e. The first-order valence-corrected chi connectivity index (χ1v) is 9.57. The number of ether oxygens (including phenoxy) is 2. The van der Waals surface area contributed by atoms with Crippen LogP contribution in [-0.2, 0) is 0 Å². The van der Waals surface area contributed by atoms with Crippen LogP contribution < -0.4 is 20.1 Å². The van der Waals surface area contributed by atoms with E-state index in [1.54, 1.807) is 48.5 Å². The summed E-state index contributed by atoms with van der Waals surface area (Å²) in [5, 5.41) is 9.63. The molecule has 10 heteroatoms. The van der Waals surface area contributed by atoms with Crippen molar-refractivity contribution in [1.82, 2.24) is 9.78 Å². The van der Waals surface area contributed by atoms with Crippen molar-refractivity contribution in [3.8, 4) is 11.5 Å². The molecule has 2 aromatic carbocycles. The smallest absolute Gasteiger partial charge is 0.410 e. The molecule has 2 aliphatic rings. The van der Waals surface area contributed by atoms with Gasteiger partial charge in [-0.2, -0.15) is 18.3 Å². The van der Waals surface area contributed by atoms with E-state index in [9.17, 15) is 18.0 Å². The Morgan fingerprint density at radius 3 is 2.68 bits per heavy atom. The lowest BCUT2D eigenvalue weighted by Crippen LogP contribution is -2.36. The summed E-state index contributed by atoms with van der Waals surface area (Å²) < 4.78 is 52.7. The number of alkyl halides is 3. The summed E-state index contributed by atoms with van der Waals surface area (Å²) in [7, 11) is 0. The number of amides is 1. The highest BCUT2D eigenvalue weighted by Gasteiger charge is 2.47. The van der Waals surface area contributed by atoms with E-state index in [4.69, 9.17) is 9.47 Å². The minimum atomic E-state index is -4.51. The molecule has 31 heavy (non-hydrogen) atoms. The number of carbonyl (C=O) groups is 1. The van der Waals surface area contributed by atoms with E-state index in [-0.39, 0.29) is 24.6 Å². The monoisotopic (exact) mass is 430 g/mol. The van der Waals surface area contributed by atoms with Gasteiger partial charge in [0.2, 0.25) is 6.79 Å². The first-order chi connectivity index (χ1) is 14.9. The Labute approximate surface area is 174 Å². The molecule has 0 spiro atoms. The number of hydrogen-bond donors (Lipinski definition) is 2. The summed E-state index contributed by atoms with van der Waals surface area (Å²) >= 11 is 0. The third-order valence-electron chi connectivity index (χ3n) is 5.32. The van der Waals surface area contributed by atoms with Crippen molar-refractivity contribution in [2.75, 3.05) is 17.4 Å². The quantitative estimate of drug-likeness (QED) is 0.639. The maximum absolute atomic E-state index is 13.8. The molecule has 2 N–H and O–H groups in total. The third-order valence-corrected chi connectivity index (χ3v) is 5.32. The minimum absolute atomic E-state index is 0.0209. The molecule has 0 saturated heterocycles. The van der Waals surface area contributed by atoms with Crippen LogP contribution in [0, 0.1) is 0 Å². The number of fused-ring (bicyclic) bond motifs is 2. The Kier molecular flexibility index (Phi) is 4.49. The molecule has 0 aliphatic carbocycles. The Morgan fingerprint density at radius 2 is 1.90 bits per heavy atom. The second-order valence-electron chi connectivity index (χ2n) is 7.27. The molecule has 160 valence electrons. The Hall–Kier alpha value is -3.69. The summed E-state index contributed by atoms with van der Waals surface area (Å²) in [4.78, 5) is 12.9. The minimum Gasteiger partial charge on any atom is -0.454 e. The molecule has 3 heterocycles. The number of nitrogens with zero attached hydrogens (tertiary/aromatic N) is 2. The van der Waals surface area contributed by atoms with Crippen LogP contribution in [0.5, 0.6) is 11.5 Å². The number of carbonyl (C=O) groups excluding carboxylic acids is 1. The van der Waals surface area contributed by atoms with E-state index in [2.05, 4.69) is 15.7 Å². The van der Waals surface area contributed by atoms with Gasteiger partial charge in [-0.15, -0.1) is 0 Å². The van der Waals surface area contributed by atoms with Gasteiger partial charge in [-0.1, -0.05) is 30.3 Å². The number of halogens is 3. The first kappa shape index (κ1) is 19.3. The summed E-state index contributed by atoms with van der Waals surface area (Å²) in [5.41, 5.74) is 1.15. The number of hydrogen-bond acceptors (Lipinski definition) is 5. The van der Waals surface area contributed by atoms with E-state index >= 15 is 0 Å². The topological polar surface area (TPSA) is 77.4 Å². The molecule has 2 aliphatic heterocycles. The van der Waals surface area contributed by atoms with Crippen LogP contribution in [0.15, 0.2) is 54.7 Å². The number of benzene rings is 2. The molecular weight excluding hydrogens is 413 g/mol. The molecule has 5 rings (SSSR count). The van der Waals surface area contributed by atoms with E-state index in [1.807, 2.05) is 0 Å². The van der Waals surface area contributed by atoms with E-state index < -0.39 is 24.2 Å². The number of rotatable bonds is 3. The van der Waals surface area contributed by atoms with Crippen LogP contribution in [0.4, 0.5) is 24.7 Å². The fourth-order valence-electron chi connectivity index (χ4n) is 3.81. The molecule has 1 aromatic heterocycles. The van der Waals surface area contributed by atoms with E-state index in [1.165, 1.54) is 0 Å². The second-order valence-corrected chi connectivity index (χ2v) is 7.27. The normalized spacial score (nSPS) is 19.5. The standard InChI is InChI=1S/C21H17F3N4O3/c22-21(23,24)18-9-15(12-4-2-1-3-5-12)27-19-14(10-25-28(18)19)20(29)26-13-6-7-16-17(8-13)31-11-30-16/h1-8,10,15,18,27H,9,11H2,(H,26,29)/t15-,18+/m1/s1. The second kappa shape index (κ2) is 7.22. The van der Waals surface area contributed by atoms with Crippen LogP contribution in [0.3, 0.4) is 0 Å². The van der Waals surface area contributed by atoms with Crippen molar-refractivity contribution in [3.63, 3.8) is 0 Å². The van der Waals surface area contributed by atoms with Crippen LogP contribution >= 0.6 is 0 Å². The van der Waals surface area contributed by atoms with Crippen molar-refractivity contribution < 1.29 is 27.4 Å². The van der Waals surface area contributed by atoms with Gasteiger partial charge >= 0.3 is 6.18 Å². The molecule has 1 amide bonds. The predicted octanol–water partition coefficient (Wildman–Crippen LogP) is 4.52. The maximum atomic E-state index is 13.8. The average molecular weight is 430 g/mol. The zero-order valence-corrected chi connectivity index (χ0v) is 16.0. The van der Waals surface area contributed by atoms with Gasteiger partial charge in [0.1, 0.15) is 11.4 Å². The molecule has 0 saturated carbocycles. The molecular formula is C21H17F3N4O3. The Morgan fingerprint density at radius 1 is 1.13 bits per heavy atom. The summed E-state index contributed by atoms with van der Waals surface area (Å²) in [6.07, 6.45) is -3.59.